The topological polar surface area (TPSA) is 98.7 Å². The van der Waals surface area contributed by atoms with Crippen LogP contribution >= 0.6 is 0 Å². The Morgan fingerprint density at radius 2 is 1.90 bits per heavy atom. The highest BCUT2D eigenvalue weighted by Gasteiger charge is 2.57. The lowest BCUT2D eigenvalue weighted by molar-refractivity contribution is -0.143. The highest BCUT2D eigenvalue weighted by atomic mass is 16.3. The number of nitrogens with zero attached hydrogens (tertiary/aromatic N) is 1. The second kappa shape index (κ2) is 9.28. The number of fused-ring (bicyclic) bond motifs is 1. The molecule has 0 radical (unpaired) electrons. The summed E-state index contributed by atoms with van der Waals surface area (Å²) >= 11 is 0. The van der Waals surface area contributed by atoms with E-state index in [0.717, 1.165) is 25.7 Å². The summed E-state index contributed by atoms with van der Waals surface area (Å²) in [5, 5.41) is 15.8. The van der Waals surface area contributed by atoms with Crippen LogP contribution in [0.4, 0.5) is 0 Å². The summed E-state index contributed by atoms with van der Waals surface area (Å²) in [6.07, 6.45) is 9.79. The maximum Gasteiger partial charge on any atom is 0.243 e. The molecule has 29 heavy (non-hydrogen) atoms. The van der Waals surface area contributed by atoms with E-state index in [1.807, 2.05) is 26.0 Å². The third-order valence-corrected chi connectivity index (χ3v) is 7.05. The Balaban J connectivity index is 1.94. The van der Waals surface area contributed by atoms with Gasteiger partial charge in [0.2, 0.25) is 17.7 Å². The highest BCUT2D eigenvalue weighted by Crippen LogP contribution is 2.45. The molecule has 0 spiro atoms. The molecule has 7 nitrogen and oxygen atoms in total. The number of amides is 3. The van der Waals surface area contributed by atoms with Gasteiger partial charge in [-0.15, -0.1) is 0 Å². The fourth-order valence-corrected chi connectivity index (χ4v) is 5.45. The Morgan fingerprint density at radius 1 is 1.21 bits per heavy atom. The van der Waals surface area contributed by atoms with Crippen molar-refractivity contribution < 1.29 is 19.5 Å². The number of hydrogen-bond donors (Lipinski definition) is 3. The third-order valence-electron chi connectivity index (χ3n) is 7.05. The summed E-state index contributed by atoms with van der Waals surface area (Å²) in [4.78, 5) is 41.1. The number of aliphatic hydroxyl groups is 1. The lowest BCUT2D eigenvalue weighted by atomic mass is 9.70. The number of likely N-dealkylation sites (tertiary alicyclic amines) is 1. The van der Waals surface area contributed by atoms with Crippen LogP contribution in [0.5, 0.6) is 0 Å². The van der Waals surface area contributed by atoms with E-state index >= 15 is 0 Å². The zero-order valence-electron chi connectivity index (χ0n) is 17.8. The average molecular weight is 406 g/mol. The van der Waals surface area contributed by atoms with Crippen molar-refractivity contribution >= 4 is 17.7 Å². The number of nitrogens with one attached hydrogen (secondary N) is 2. The van der Waals surface area contributed by atoms with Crippen molar-refractivity contribution in [2.24, 2.45) is 23.7 Å². The van der Waals surface area contributed by atoms with Gasteiger partial charge in [0.15, 0.2) is 0 Å². The molecule has 3 N–H and O–H groups in total. The van der Waals surface area contributed by atoms with Crippen LogP contribution in [-0.2, 0) is 14.4 Å². The number of rotatable bonds is 6. The third kappa shape index (κ3) is 4.06. The molecule has 162 valence electrons. The molecular formula is C22H35N3O4. The van der Waals surface area contributed by atoms with Crippen LogP contribution in [0, 0.1) is 23.7 Å². The molecule has 0 aromatic heterocycles. The largest absolute Gasteiger partial charge is 0.394 e. The Morgan fingerprint density at radius 3 is 2.48 bits per heavy atom. The summed E-state index contributed by atoms with van der Waals surface area (Å²) in [5.74, 6) is -2.03. The minimum atomic E-state index is -0.678. The minimum Gasteiger partial charge on any atom is -0.394 e. The molecule has 1 saturated carbocycles. The van der Waals surface area contributed by atoms with Gasteiger partial charge < -0.3 is 20.6 Å². The lowest BCUT2D eigenvalue weighted by Gasteiger charge is -2.34. The molecule has 0 aromatic rings. The maximum atomic E-state index is 13.5. The number of carbonyl (C=O) groups excluding carboxylic acids is 3. The fraction of sp³-hybridized carbons (Fsp3) is 0.773. The van der Waals surface area contributed by atoms with E-state index in [-0.39, 0.29) is 42.2 Å². The number of allylic oxidation sites excluding steroid dienone is 1. The summed E-state index contributed by atoms with van der Waals surface area (Å²) in [7, 11) is 1.58. The second-order valence-corrected chi connectivity index (χ2v) is 8.77. The first-order chi connectivity index (χ1) is 13.9. The van der Waals surface area contributed by atoms with Gasteiger partial charge in [0.05, 0.1) is 24.5 Å². The standard InChI is InChI=1S/C22H35N3O4/c1-4-15(12-26)25-19(21(28)24-14-8-6-5-7-9-14)16-11-10-13(2)17(20(27)23-3)18(16)22(25)29/h10-11,13-19,26H,4-9,12H2,1-3H3,(H,23,27)(H,24,28)/t13-,15+,16+,17-,18-,19+/m1/s1. The van der Waals surface area contributed by atoms with Crippen molar-refractivity contribution in [1.82, 2.24) is 15.5 Å². The molecule has 6 atom stereocenters. The molecule has 0 unspecified atom stereocenters. The van der Waals surface area contributed by atoms with E-state index < -0.39 is 23.9 Å². The van der Waals surface area contributed by atoms with Gasteiger partial charge >= 0.3 is 0 Å². The highest BCUT2D eigenvalue weighted by molar-refractivity contribution is 5.97. The molecule has 3 rings (SSSR count). The summed E-state index contributed by atoms with van der Waals surface area (Å²) in [5.41, 5.74) is 0. The normalized spacial score (nSPS) is 33.3. The fourth-order valence-electron chi connectivity index (χ4n) is 5.45. The van der Waals surface area contributed by atoms with E-state index in [0.29, 0.717) is 6.42 Å². The van der Waals surface area contributed by atoms with E-state index in [1.165, 1.54) is 6.42 Å². The van der Waals surface area contributed by atoms with Crippen LogP contribution in [0.2, 0.25) is 0 Å². The summed E-state index contributed by atoms with van der Waals surface area (Å²) < 4.78 is 0. The SMILES string of the molecule is CC[C@@H](CO)N1C(=O)[C@@H]2[C@H](C=C[C@@H](C)[C@H]2C(=O)NC)[C@H]1C(=O)NC1CCCCC1. The Labute approximate surface area is 173 Å². The van der Waals surface area contributed by atoms with E-state index in [4.69, 9.17) is 0 Å². The van der Waals surface area contributed by atoms with Crippen LogP contribution in [0.3, 0.4) is 0 Å². The van der Waals surface area contributed by atoms with Crippen molar-refractivity contribution in [1.29, 1.82) is 0 Å². The molecule has 0 aromatic carbocycles. The zero-order chi connectivity index (χ0) is 21.1. The molecule has 0 bridgehead atoms. The van der Waals surface area contributed by atoms with E-state index in [1.54, 1.807) is 11.9 Å². The van der Waals surface area contributed by atoms with Gasteiger partial charge in [0.1, 0.15) is 6.04 Å². The van der Waals surface area contributed by atoms with Gasteiger partial charge in [-0.05, 0) is 25.2 Å². The zero-order valence-corrected chi connectivity index (χ0v) is 17.8. The molecule has 1 aliphatic heterocycles. The number of carbonyl (C=O) groups is 3. The maximum absolute atomic E-state index is 13.5. The molecule has 2 aliphatic carbocycles. The van der Waals surface area contributed by atoms with Crippen LogP contribution in [0.15, 0.2) is 12.2 Å². The van der Waals surface area contributed by atoms with Gasteiger partial charge in [-0.2, -0.15) is 0 Å². The first-order valence-corrected chi connectivity index (χ1v) is 11.1. The van der Waals surface area contributed by atoms with Crippen LogP contribution in [0.25, 0.3) is 0 Å². The summed E-state index contributed by atoms with van der Waals surface area (Å²) in [6.45, 7) is 3.64. The van der Waals surface area contributed by atoms with Crippen LogP contribution in [-0.4, -0.2) is 59.5 Å². The lowest BCUT2D eigenvalue weighted by Crippen LogP contribution is -2.54. The monoisotopic (exact) mass is 405 g/mol. The van der Waals surface area contributed by atoms with Gasteiger partial charge in [0, 0.05) is 19.0 Å². The van der Waals surface area contributed by atoms with Gasteiger partial charge in [-0.1, -0.05) is 45.3 Å². The molecule has 7 heteroatoms. The Bertz CT molecular complexity index is 654. The molecular weight excluding hydrogens is 370 g/mol. The van der Waals surface area contributed by atoms with Crippen molar-refractivity contribution in [2.45, 2.75) is 70.5 Å². The summed E-state index contributed by atoms with van der Waals surface area (Å²) in [6, 6.07) is -0.964. The van der Waals surface area contributed by atoms with Crippen LogP contribution in [0.1, 0.15) is 52.4 Å². The van der Waals surface area contributed by atoms with Crippen molar-refractivity contribution in [3.63, 3.8) is 0 Å². The predicted molar refractivity (Wildman–Crippen MR) is 110 cm³/mol. The predicted octanol–water partition coefficient (Wildman–Crippen LogP) is 1.22. The quantitative estimate of drug-likeness (QED) is 0.579. The van der Waals surface area contributed by atoms with Crippen LogP contribution < -0.4 is 10.6 Å². The molecule has 3 amide bonds. The van der Waals surface area contributed by atoms with Gasteiger partial charge in [-0.25, -0.2) is 0 Å². The smallest absolute Gasteiger partial charge is 0.243 e. The molecule has 3 aliphatic rings. The van der Waals surface area contributed by atoms with Gasteiger partial charge in [0.25, 0.3) is 0 Å². The van der Waals surface area contributed by atoms with E-state index in [9.17, 15) is 19.5 Å². The number of hydrogen-bond acceptors (Lipinski definition) is 4. The average Bonchev–Trinajstić information content (AvgIpc) is 3.02. The Kier molecular flexibility index (Phi) is 6.98. The first-order valence-electron chi connectivity index (χ1n) is 11.1. The van der Waals surface area contributed by atoms with E-state index in [2.05, 4.69) is 10.6 Å². The molecule has 1 heterocycles. The van der Waals surface area contributed by atoms with Crippen molar-refractivity contribution in [2.75, 3.05) is 13.7 Å². The van der Waals surface area contributed by atoms with Crippen molar-refractivity contribution in [3.8, 4) is 0 Å². The van der Waals surface area contributed by atoms with Gasteiger partial charge in [-0.3, -0.25) is 14.4 Å². The molecule has 1 saturated heterocycles. The number of aliphatic hydroxyl groups excluding tert-OH is 1. The Hall–Kier alpha value is -1.89. The molecule has 2 fully saturated rings. The second-order valence-electron chi connectivity index (χ2n) is 8.77. The first kappa shape index (κ1) is 21.8. The van der Waals surface area contributed by atoms with Crippen molar-refractivity contribution in [3.05, 3.63) is 12.2 Å². The minimum absolute atomic E-state index is 0.0867.